The molecule has 0 atom stereocenters. The first-order valence-corrected chi connectivity index (χ1v) is 13.6. The summed E-state index contributed by atoms with van der Waals surface area (Å²) in [6, 6.07) is 12.7. The third kappa shape index (κ3) is 6.19. The van der Waals surface area contributed by atoms with Crippen LogP contribution in [0.15, 0.2) is 58.7 Å². The van der Waals surface area contributed by atoms with Gasteiger partial charge in [-0.2, -0.15) is 9.41 Å². The molecule has 2 N–H and O–H groups in total. The molecule has 0 amide bonds. The lowest BCUT2D eigenvalue weighted by Gasteiger charge is -2.21. The number of thiocarbonyl (C=S) groups is 1. The predicted molar refractivity (Wildman–Crippen MR) is 147 cm³/mol. The van der Waals surface area contributed by atoms with Gasteiger partial charge < -0.3 is 14.6 Å². The van der Waals surface area contributed by atoms with Crippen molar-refractivity contribution in [3.63, 3.8) is 0 Å². The van der Waals surface area contributed by atoms with Crippen LogP contribution in [0.3, 0.4) is 0 Å². The average Bonchev–Trinajstić information content (AvgIpc) is 3.21. The summed E-state index contributed by atoms with van der Waals surface area (Å²) < 4.78 is 35.6. The standard InChI is InChI=1S/C25H33N5O3S2/c1-5-14-30(15-6-2)35(31,32)20-12-13-23-21(16-20)19(18-29(23)7-3)17-26-28-25(34)27-22-10-8-9-11-24(22)33-4/h8-13,16-18H,5-7,14-15H2,1-4H3,(H2,27,28,34). The monoisotopic (exact) mass is 515 g/mol. The molecule has 3 rings (SSSR count). The molecule has 0 spiro atoms. The van der Waals surface area contributed by atoms with Crippen LogP contribution in [0.5, 0.6) is 5.75 Å². The van der Waals surface area contributed by atoms with Gasteiger partial charge in [0.1, 0.15) is 5.75 Å². The zero-order valence-corrected chi connectivity index (χ0v) is 22.2. The Labute approximate surface area is 213 Å². The van der Waals surface area contributed by atoms with Gasteiger partial charge in [-0.05, 0) is 62.3 Å². The first-order valence-electron chi connectivity index (χ1n) is 11.7. The molecule has 188 valence electrons. The van der Waals surface area contributed by atoms with Crippen LogP contribution < -0.4 is 15.5 Å². The molecule has 3 aromatic rings. The molecule has 0 fully saturated rings. The van der Waals surface area contributed by atoms with Gasteiger partial charge in [0.2, 0.25) is 10.0 Å². The van der Waals surface area contributed by atoms with Crippen LogP contribution >= 0.6 is 12.2 Å². The number of hydrogen-bond acceptors (Lipinski definition) is 5. The van der Waals surface area contributed by atoms with E-state index in [9.17, 15) is 8.42 Å². The lowest BCUT2D eigenvalue weighted by atomic mass is 10.2. The number of hydrazone groups is 1. The van der Waals surface area contributed by atoms with Crippen molar-refractivity contribution in [3.05, 3.63) is 54.2 Å². The normalized spacial score (nSPS) is 11.9. The summed E-state index contributed by atoms with van der Waals surface area (Å²) in [5.74, 6) is 0.667. The third-order valence-electron chi connectivity index (χ3n) is 5.53. The second-order valence-corrected chi connectivity index (χ2v) is 10.3. The van der Waals surface area contributed by atoms with E-state index >= 15 is 0 Å². The molecule has 0 aliphatic rings. The molecule has 1 aromatic heterocycles. The van der Waals surface area contributed by atoms with Crippen molar-refractivity contribution in [2.45, 2.75) is 45.1 Å². The molecular formula is C25H33N5O3S2. The van der Waals surface area contributed by atoms with E-state index in [2.05, 4.69) is 20.4 Å². The number of aryl methyl sites for hydroxylation is 1. The SMILES string of the molecule is CCCN(CCC)S(=O)(=O)c1ccc2c(c1)c(C=NNC(=S)Nc1ccccc1OC)cn2CC. The van der Waals surface area contributed by atoms with Gasteiger partial charge in [0.25, 0.3) is 0 Å². The number of fused-ring (bicyclic) bond motifs is 1. The second-order valence-electron chi connectivity index (χ2n) is 7.98. The smallest absolute Gasteiger partial charge is 0.243 e. The fourth-order valence-electron chi connectivity index (χ4n) is 3.89. The minimum Gasteiger partial charge on any atom is -0.495 e. The highest BCUT2D eigenvalue weighted by Gasteiger charge is 2.24. The van der Waals surface area contributed by atoms with Crippen molar-refractivity contribution < 1.29 is 13.2 Å². The van der Waals surface area contributed by atoms with Gasteiger partial charge in [-0.15, -0.1) is 0 Å². The quantitative estimate of drug-likeness (QED) is 0.217. The van der Waals surface area contributed by atoms with Gasteiger partial charge in [0.15, 0.2) is 5.11 Å². The maximum Gasteiger partial charge on any atom is 0.243 e. The Kier molecular flexibility index (Phi) is 9.25. The summed E-state index contributed by atoms with van der Waals surface area (Å²) in [5.41, 5.74) is 5.28. The van der Waals surface area contributed by atoms with Gasteiger partial charge in [-0.3, -0.25) is 5.43 Å². The molecule has 35 heavy (non-hydrogen) atoms. The van der Waals surface area contributed by atoms with E-state index < -0.39 is 10.0 Å². The summed E-state index contributed by atoms with van der Waals surface area (Å²) >= 11 is 5.35. The number of rotatable bonds is 11. The number of ether oxygens (including phenoxy) is 1. The maximum atomic E-state index is 13.3. The van der Waals surface area contributed by atoms with Gasteiger partial charge in [0, 0.05) is 42.3 Å². The Bertz CT molecular complexity index is 1300. The molecule has 0 unspecified atom stereocenters. The Morgan fingerprint density at radius 1 is 1.14 bits per heavy atom. The van der Waals surface area contributed by atoms with E-state index in [-0.39, 0.29) is 4.90 Å². The molecule has 0 aliphatic carbocycles. The van der Waals surface area contributed by atoms with Crippen molar-refractivity contribution in [1.82, 2.24) is 14.3 Å². The second kappa shape index (κ2) is 12.1. The highest BCUT2D eigenvalue weighted by atomic mass is 32.2. The average molecular weight is 516 g/mol. The van der Waals surface area contributed by atoms with Crippen LogP contribution in [0.2, 0.25) is 0 Å². The number of nitrogens with one attached hydrogen (secondary N) is 2. The Balaban J connectivity index is 1.86. The Hall–Kier alpha value is -2.95. The van der Waals surface area contributed by atoms with Crippen molar-refractivity contribution in [3.8, 4) is 5.75 Å². The van der Waals surface area contributed by atoms with Crippen LogP contribution in [-0.4, -0.2) is 48.8 Å². The molecule has 1 heterocycles. The van der Waals surface area contributed by atoms with Crippen molar-refractivity contribution >= 4 is 50.2 Å². The highest BCUT2D eigenvalue weighted by molar-refractivity contribution is 7.89. The minimum atomic E-state index is -3.58. The van der Waals surface area contributed by atoms with E-state index in [4.69, 9.17) is 17.0 Å². The number of aromatic nitrogens is 1. The number of benzene rings is 2. The zero-order chi connectivity index (χ0) is 25.4. The van der Waals surface area contributed by atoms with E-state index in [1.54, 1.807) is 29.8 Å². The summed E-state index contributed by atoms with van der Waals surface area (Å²) in [6.07, 6.45) is 5.13. The molecule has 10 heteroatoms. The molecule has 0 bridgehead atoms. The number of hydrogen-bond donors (Lipinski definition) is 2. The van der Waals surface area contributed by atoms with Gasteiger partial charge in [-0.25, -0.2) is 8.42 Å². The van der Waals surface area contributed by atoms with Gasteiger partial charge >= 0.3 is 0 Å². The lowest BCUT2D eigenvalue weighted by molar-refractivity contribution is 0.410. The maximum absolute atomic E-state index is 13.3. The summed E-state index contributed by atoms with van der Waals surface area (Å²) in [5, 5.41) is 8.47. The first-order chi connectivity index (χ1) is 16.8. The molecule has 0 aliphatic heterocycles. The number of sulfonamides is 1. The molecule has 0 radical (unpaired) electrons. The van der Waals surface area contributed by atoms with Crippen molar-refractivity contribution in [1.29, 1.82) is 0 Å². The first kappa shape index (κ1) is 26.7. The number of anilines is 1. The number of nitrogens with zero attached hydrogens (tertiary/aromatic N) is 3. The number of methoxy groups -OCH3 is 1. The van der Waals surface area contributed by atoms with E-state index in [1.807, 2.05) is 57.3 Å². The summed E-state index contributed by atoms with van der Waals surface area (Å²) in [6.45, 7) is 7.75. The van der Waals surface area contributed by atoms with Crippen molar-refractivity contribution in [2.75, 3.05) is 25.5 Å². The highest BCUT2D eigenvalue weighted by Crippen LogP contribution is 2.26. The Morgan fingerprint density at radius 3 is 2.51 bits per heavy atom. The molecule has 0 saturated heterocycles. The summed E-state index contributed by atoms with van der Waals surface area (Å²) in [4.78, 5) is 0.289. The van der Waals surface area contributed by atoms with Crippen LogP contribution in [0.25, 0.3) is 10.9 Å². The molecule has 0 saturated carbocycles. The molecule has 2 aromatic carbocycles. The van der Waals surface area contributed by atoms with Crippen LogP contribution in [-0.2, 0) is 16.6 Å². The van der Waals surface area contributed by atoms with Crippen LogP contribution in [0.4, 0.5) is 5.69 Å². The lowest BCUT2D eigenvalue weighted by Crippen LogP contribution is -2.32. The van der Waals surface area contributed by atoms with Crippen LogP contribution in [0.1, 0.15) is 39.2 Å². The van der Waals surface area contributed by atoms with Gasteiger partial charge in [-0.1, -0.05) is 26.0 Å². The fourth-order valence-corrected chi connectivity index (χ4v) is 5.70. The summed E-state index contributed by atoms with van der Waals surface area (Å²) in [7, 11) is -1.99. The van der Waals surface area contributed by atoms with Gasteiger partial charge in [0.05, 0.1) is 23.9 Å². The molecular weight excluding hydrogens is 482 g/mol. The molecule has 8 nitrogen and oxygen atoms in total. The predicted octanol–water partition coefficient (Wildman–Crippen LogP) is 4.80. The Morgan fingerprint density at radius 2 is 1.86 bits per heavy atom. The van der Waals surface area contributed by atoms with Crippen LogP contribution in [0, 0.1) is 0 Å². The minimum absolute atomic E-state index is 0.289. The zero-order valence-electron chi connectivity index (χ0n) is 20.6. The third-order valence-corrected chi connectivity index (χ3v) is 7.62. The van der Waals surface area contributed by atoms with Crippen molar-refractivity contribution in [2.24, 2.45) is 5.10 Å². The fraction of sp³-hybridized carbons (Fsp3) is 0.360. The van der Waals surface area contributed by atoms with E-state index in [0.29, 0.717) is 24.0 Å². The topological polar surface area (TPSA) is 88.0 Å². The largest absolute Gasteiger partial charge is 0.495 e. The van der Waals surface area contributed by atoms with E-state index in [0.717, 1.165) is 41.5 Å². The number of para-hydroxylation sites is 2. The van der Waals surface area contributed by atoms with E-state index in [1.165, 1.54) is 0 Å².